The van der Waals surface area contributed by atoms with E-state index in [-0.39, 0.29) is 23.2 Å². The Hall–Kier alpha value is -3.04. The summed E-state index contributed by atoms with van der Waals surface area (Å²) in [6, 6.07) is 9.42. The van der Waals surface area contributed by atoms with Crippen LogP contribution >= 0.6 is 11.6 Å². The number of aliphatic carboxylic acids is 1. The average Bonchev–Trinajstić information content (AvgIpc) is 3.32. The number of likely N-dealkylation sites (tertiary alicyclic amines) is 1. The summed E-state index contributed by atoms with van der Waals surface area (Å²) in [6.45, 7) is 4.73. The van der Waals surface area contributed by atoms with Gasteiger partial charge in [-0.1, -0.05) is 37.6 Å². The van der Waals surface area contributed by atoms with Gasteiger partial charge in [0, 0.05) is 36.3 Å². The van der Waals surface area contributed by atoms with E-state index in [1.54, 1.807) is 12.1 Å². The number of aromatic amines is 1. The molecule has 2 unspecified atom stereocenters. The highest BCUT2D eigenvalue weighted by molar-refractivity contribution is 6.30. The number of halogens is 3. The summed E-state index contributed by atoms with van der Waals surface area (Å²) in [5.74, 6) is -1.04. The zero-order chi connectivity index (χ0) is 25.9. The van der Waals surface area contributed by atoms with Crippen molar-refractivity contribution in [2.45, 2.75) is 58.5 Å². The van der Waals surface area contributed by atoms with Gasteiger partial charge in [0.2, 0.25) is 0 Å². The number of carboxylic acid groups (broad SMARTS) is 1. The van der Waals surface area contributed by atoms with Crippen molar-refractivity contribution in [3.63, 3.8) is 0 Å². The highest BCUT2D eigenvalue weighted by Crippen LogP contribution is 2.40. The Bertz CT molecular complexity index is 1240. The van der Waals surface area contributed by atoms with Crippen LogP contribution in [0, 0.1) is 17.0 Å². The molecule has 0 radical (unpaired) electrons. The molecule has 3 heterocycles. The number of aromatic nitrogens is 3. The first-order chi connectivity index (χ1) is 17.2. The number of hydrogen-bond donors (Lipinski definition) is 3. The van der Waals surface area contributed by atoms with Crippen molar-refractivity contribution in [3.8, 4) is 0 Å². The molecule has 36 heavy (non-hydrogen) atoms. The molecule has 192 valence electrons. The van der Waals surface area contributed by atoms with Crippen LogP contribution in [0.4, 0.5) is 20.4 Å². The monoisotopic (exact) mass is 517 g/mol. The molecule has 1 aromatic carbocycles. The molecule has 0 saturated carbocycles. The summed E-state index contributed by atoms with van der Waals surface area (Å²) in [5.41, 5.74) is 0.329. The maximum absolute atomic E-state index is 14.8. The lowest BCUT2D eigenvalue weighted by Crippen LogP contribution is -2.50. The number of benzene rings is 1. The first-order valence-corrected chi connectivity index (χ1v) is 12.5. The average molecular weight is 518 g/mol. The van der Waals surface area contributed by atoms with Gasteiger partial charge in [-0.2, -0.15) is 5.10 Å². The fraction of sp³-hybridized carbons (Fsp3) is 0.423. The van der Waals surface area contributed by atoms with Gasteiger partial charge in [-0.3, -0.25) is 14.8 Å². The molecular formula is C26H30ClF2N5O2. The van der Waals surface area contributed by atoms with Crippen LogP contribution in [0.2, 0.25) is 5.02 Å². The number of pyridine rings is 1. The van der Waals surface area contributed by atoms with E-state index in [0.29, 0.717) is 49.6 Å². The second-order valence-corrected chi connectivity index (χ2v) is 9.75. The van der Waals surface area contributed by atoms with E-state index in [4.69, 9.17) is 11.6 Å². The molecule has 2 aromatic heterocycles. The molecule has 0 aliphatic carbocycles. The van der Waals surface area contributed by atoms with Gasteiger partial charge in [0.1, 0.15) is 17.5 Å². The summed E-state index contributed by atoms with van der Waals surface area (Å²) in [4.78, 5) is 19.0. The second kappa shape index (κ2) is 10.9. The largest absolute Gasteiger partial charge is 0.481 e. The minimum Gasteiger partial charge on any atom is -0.481 e. The molecule has 7 nitrogen and oxygen atoms in total. The van der Waals surface area contributed by atoms with Crippen LogP contribution in [0.1, 0.15) is 50.1 Å². The van der Waals surface area contributed by atoms with Gasteiger partial charge >= 0.3 is 5.97 Å². The summed E-state index contributed by atoms with van der Waals surface area (Å²) < 4.78 is 29.3. The second-order valence-electron chi connectivity index (χ2n) is 9.34. The smallest absolute Gasteiger partial charge is 0.310 e. The molecule has 1 aliphatic heterocycles. The summed E-state index contributed by atoms with van der Waals surface area (Å²) >= 11 is 5.94. The highest BCUT2D eigenvalue weighted by atomic mass is 35.5. The summed E-state index contributed by atoms with van der Waals surface area (Å²) in [7, 11) is 0. The number of rotatable bonds is 9. The molecule has 1 fully saturated rings. The minimum atomic E-state index is -1.18. The topological polar surface area (TPSA) is 94.1 Å². The van der Waals surface area contributed by atoms with E-state index >= 15 is 0 Å². The maximum Gasteiger partial charge on any atom is 0.310 e. The van der Waals surface area contributed by atoms with Crippen molar-refractivity contribution in [2.75, 3.05) is 11.9 Å². The SMILES string of the molecule is CCc1cc(Nc2ccc(F)c(CC3(C(=O)O)CCN(Cc4cccc(Cl)c4F)C(CC)C3)n2)n[nH]1. The van der Waals surface area contributed by atoms with Gasteiger partial charge in [-0.25, -0.2) is 13.8 Å². The summed E-state index contributed by atoms with van der Waals surface area (Å²) in [6.07, 6.45) is 2.02. The van der Waals surface area contributed by atoms with E-state index in [1.165, 1.54) is 18.2 Å². The molecule has 0 amide bonds. The molecule has 0 bridgehead atoms. The van der Waals surface area contributed by atoms with Crippen molar-refractivity contribution in [2.24, 2.45) is 5.41 Å². The van der Waals surface area contributed by atoms with Crippen LogP contribution in [0.25, 0.3) is 0 Å². The van der Waals surface area contributed by atoms with E-state index in [2.05, 4.69) is 25.4 Å². The third-order valence-corrected chi connectivity index (χ3v) is 7.33. The van der Waals surface area contributed by atoms with Crippen molar-refractivity contribution in [1.29, 1.82) is 0 Å². The number of carbonyl (C=O) groups is 1. The number of nitrogens with one attached hydrogen (secondary N) is 2. The van der Waals surface area contributed by atoms with Crippen LogP contribution in [-0.4, -0.2) is 43.7 Å². The lowest BCUT2D eigenvalue weighted by molar-refractivity contribution is -0.154. The Labute approximate surface area is 213 Å². The molecule has 4 rings (SSSR count). The van der Waals surface area contributed by atoms with E-state index < -0.39 is 23.0 Å². The molecule has 2 atom stereocenters. The zero-order valence-electron chi connectivity index (χ0n) is 20.3. The molecule has 10 heteroatoms. The van der Waals surface area contributed by atoms with Crippen molar-refractivity contribution in [1.82, 2.24) is 20.1 Å². The number of anilines is 2. The van der Waals surface area contributed by atoms with Gasteiger partial charge in [0.25, 0.3) is 0 Å². The van der Waals surface area contributed by atoms with Gasteiger partial charge in [0.15, 0.2) is 5.82 Å². The van der Waals surface area contributed by atoms with Gasteiger partial charge in [-0.15, -0.1) is 0 Å². The number of aryl methyl sites for hydroxylation is 1. The first-order valence-electron chi connectivity index (χ1n) is 12.1. The number of hydrogen-bond acceptors (Lipinski definition) is 5. The van der Waals surface area contributed by atoms with Crippen LogP contribution in [-0.2, 0) is 24.2 Å². The molecule has 3 aromatic rings. The fourth-order valence-corrected chi connectivity index (χ4v) is 5.08. The van der Waals surface area contributed by atoms with E-state index in [9.17, 15) is 18.7 Å². The molecule has 3 N–H and O–H groups in total. The highest BCUT2D eigenvalue weighted by Gasteiger charge is 2.46. The predicted molar refractivity (Wildman–Crippen MR) is 134 cm³/mol. The molecule has 0 spiro atoms. The fourth-order valence-electron chi connectivity index (χ4n) is 4.89. The third kappa shape index (κ3) is 5.52. The van der Waals surface area contributed by atoms with Crippen LogP contribution < -0.4 is 5.32 Å². The number of carboxylic acids is 1. The Morgan fingerprint density at radius 1 is 1.28 bits per heavy atom. The Morgan fingerprint density at radius 3 is 2.78 bits per heavy atom. The van der Waals surface area contributed by atoms with Gasteiger partial charge < -0.3 is 10.4 Å². The quantitative estimate of drug-likeness (QED) is 0.335. The van der Waals surface area contributed by atoms with Crippen LogP contribution in [0.15, 0.2) is 36.4 Å². The molecule has 1 saturated heterocycles. The Kier molecular flexibility index (Phi) is 7.90. The Balaban J connectivity index is 1.54. The lowest BCUT2D eigenvalue weighted by atomic mass is 9.71. The zero-order valence-corrected chi connectivity index (χ0v) is 21.1. The lowest BCUT2D eigenvalue weighted by Gasteiger charge is -2.44. The number of nitrogens with zero attached hydrogens (tertiary/aromatic N) is 3. The predicted octanol–water partition coefficient (Wildman–Crippen LogP) is 5.73. The third-order valence-electron chi connectivity index (χ3n) is 7.04. The molecular weight excluding hydrogens is 488 g/mol. The first kappa shape index (κ1) is 26.0. The van der Waals surface area contributed by atoms with Crippen molar-refractivity contribution in [3.05, 3.63) is 70.0 Å². The summed E-state index contributed by atoms with van der Waals surface area (Å²) in [5, 5.41) is 20.4. The maximum atomic E-state index is 14.8. The van der Waals surface area contributed by atoms with Gasteiger partial charge in [0.05, 0.1) is 16.1 Å². The van der Waals surface area contributed by atoms with Gasteiger partial charge in [-0.05, 0) is 50.4 Å². The van der Waals surface area contributed by atoms with Crippen LogP contribution in [0.3, 0.4) is 0 Å². The van der Waals surface area contributed by atoms with E-state index in [1.807, 2.05) is 19.9 Å². The van der Waals surface area contributed by atoms with E-state index in [0.717, 1.165) is 12.1 Å². The molecule has 1 aliphatic rings. The van der Waals surface area contributed by atoms with Crippen molar-refractivity contribution < 1.29 is 18.7 Å². The van der Waals surface area contributed by atoms with Crippen molar-refractivity contribution >= 4 is 29.2 Å². The number of piperidine rings is 1. The Morgan fingerprint density at radius 2 is 2.08 bits per heavy atom. The minimum absolute atomic E-state index is 0.0413. The standard InChI is InChI=1S/C26H30ClF2N5O2/c1-3-17-12-23(33-32-17)31-22-9-8-20(28)21(30-22)14-26(25(35)36)10-11-34(18(4-2)13-26)15-16-6-5-7-19(27)24(16)29/h5-9,12,18H,3-4,10-11,13-15H2,1-2H3,(H,35,36)(H2,30,31,32,33). The van der Waals surface area contributed by atoms with Crippen LogP contribution in [0.5, 0.6) is 0 Å². The normalized spacial score (nSPS) is 20.4. The number of H-pyrrole nitrogens is 1.